The highest BCUT2D eigenvalue weighted by molar-refractivity contribution is 14.1. The number of nitrogens with zero attached hydrogens (tertiary/aromatic N) is 11. The van der Waals surface area contributed by atoms with Gasteiger partial charge in [0, 0.05) is 271 Å². The third-order valence-electron chi connectivity index (χ3n) is 13.7. The number of aromatic nitrogens is 10. The Labute approximate surface area is 767 Å². The van der Waals surface area contributed by atoms with Gasteiger partial charge in [0.1, 0.15) is 37.9 Å². The summed E-state index contributed by atoms with van der Waals surface area (Å²) in [6.07, 6.45) is 16.2. The minimum absolute atomic E-state index is 0. The van der Waals surface area contributed by atoms with Crippen LogP contribution in [0.4, 0.5) is 17.1 Å². The molecule has 12 heterocycles. The van der Waals surface area contributed by atoms with Crippen molar-refractivity contribution in [2.45, 2.75) is 148 Å². The van der Waals surface area contributed by atoms with Crippen LogP contribution in [0.25, 0.3) is 41.5 Å². The number of nitrogens with one attached hydrogen (secondary N) is 3. The maximum absolute atomic E-state index is 11.4. The number of carbonyl (C=O) groups is 5. The van der Waals surface area contributed by atoms with Crippen molar-refractivity contribution in [2.24, 2.45) is 4.99 Å². The first-order valence-electron chi connectivity index (χ1n) is 31.5. The van der Waals surface area contributed by atoms with Gasteiger partial charge in [0.25, 0.3) is 0 Å². The van der Waals surface area contributed by atoms with Crippen LogP contribution in [-0.2, 0) is 183 Å². The summed E-state index contributed by atoms with van der Waals surface area (Å²) in [5.74, 6) is 2.65. The van der Waals surface area contributed by atoms with Gasteiger partial charge in [0.15, 0.2) is 0 Å². The predicted molar refractivity (Wildman–Crippen MR) is 523 cm³/mol. The van der Waals surface area contributed by atoms with Crippen LogP contribution in [0.15, 0.2) is 100 Å². The molecule has 0 saturated carbocycles. The van der Waals surface area contributed by atoms with Gasteiger partial charge in [-0.2, -0.15) is 23.3 Å². The van der Waals surface area contributed by atoms with Gasteiger partial charge in [-0.25, -0.2) is 39.9 Å². The number of anilines is 3. The fraction of sp³-hybridized carbons (Fsp3) is 0.348. The molecule has 12 rings (SSSR count). The number of halogens is 3. The molecule has 112 heavy (non-hydrogen) atoms. The zero-order valence-corrected chi connectivity index (χ0v) is 85.1. The molecule has 2 aliphatic rings. The molecular formula is C66H78BBr2IN14O8S20. The van der Waals surface area contributed by atoms with E-state index in [9.17, 15) is 24.0 Å². The zero-order valence-electron chi connectivity index (χ0n) is 63.2. The number of alkyl halides is 1. The lowest BCUT2D eigenvalue weighted by atomic mass is 9.81. The fourth-order valence-electron chi connectivity index (χ4n) is 8.15. The first-order valence-corrected chi connectivity index (χ1v) is 52.0. The number of hydrogen-bond donors (Lipinski definition) is 3. The molecule has 1 saturated heterocycles. The van der Waals surface area contributed by atoms with Crippen LogP contribution in [-0.4, -0.2) is 112 Å². The molecule has 0 bridgehead atoms. The summed E-state index contributed by atoms with van der Waals surface area (Å²) < 4.78 is 21.2. The monoisotopic (exact) mass is 2130 g/mol. The van der Waals surface area contributed by atoms with Crippen LogP contribution >= 0.6 is 125 Å². The number of hydrogen-bond acceptors (Lipinski definition) is 31. The van der Waals surface area contributed by atoms with Crippen LogP contribution in [0.3, 0.4) is 0 Å². The Kier molecular flexibility index (Phi) is 52.7. The number of ether oxygens (including phenoxy) is 1. The molecule has 0 aliphatic carbocycles. The van der Waals surface area contributed by atoms with Gasteiger partial charge >= 0.3 is 13.1 Å². The predicted octanol–water partition coefficient (Wildman–Crippen LogP) is 16.2. The minimum Gasteiger partial charge on any atom is -0.459 e. The molecule has 10 aromatic heterocycles. The average molecular weight is 2130 g/mol. The Morgan fingerprint density at radius 3 is 1.36 bits per heavy atom. The van der Waals surface area contributed by atoms with Crippen LogP contribution in [0, 0.1) is 48.5 Å². The molecule has 46 heteroatoms. The molecule has 0 atom stereocenters. The summed E-state index contributed by atoms with van der Waals surface area (Å²) in [6, 6.07) is 9.91. The number of amides is 3. The van der Waals surface area contributed by atoms with Crippen LogP contribution in [0.5, 0.6) is 0 Å². The molecule has 604 valence electrons. The molecule has 1 fully saturated rings. The number of esters is 1. The first-order chi connectivity index (χ1) is 52.2. The number of aryl methyl sites for hydroxylation is 7. The van der Waals surface area contributed by atoms with Crippen molar-refractivity contribution in [3.63, 3.8) is 0 Å². The number of fused-ring (bicyclic) bond motifs is 2. The molecule has 0 radical (unpaired) electrons. The first kappa shape index (κ1) is 107. The van der Waals surface area contributed by atoms with Gasteiger partial charge in [-0.15, -0.1) is 56.7 Å². The average Bonchev–Trinajstić information content (AvgIpc) is 1.63. The van der Waals surface area contributed by atoms with E-state index in [0.29, 0.717) is 0 Å². The van der Waals surface area contributed by atoms with E-state index in [0.717, 1.165) is 120 Å². The lowest BCUT2D eigenvalue weighted by Crippen LogP contribution is -2.41. The van der Waals surface area contributed by atoms with E-state index in [2.05, 4.69) is 216 Å². The Balaban J connectivity index is 0.000000641. The van der Waals surface area contributed by atoms with E-state index in [1.165, 1.54) is 92.1 Å². The van der Waals surface area contributed by atoms with Gasteiger partial charge in [-0.1, -0.05) is 15.9 Å². The van der Waals surface area contributed by atoms with Gasteiger partial charge < -0.3 is 30.0 Å². The van der Waals surface area contributed by atoms with Crippen LogP contribution in [0.1, 0.15) is 129 Å². The van der Waals surface area contributed by atoms with E-state index in [1.807, 2.05) is 139 Å². The Morgan fingerprint density at radius 1 is 0.598 bits per heavy atom. The van der Waals surface area contributed by atoms with E-state index >= 15 is 0 Å². The quantitative estimate of drug-likeness (QED) is 0.0551. The third kappa shape index (κ3) is 39.5. The lowest BCUT2D eigenvalue weighted by Gasteiger charge is -2.32. The summed E-state index contributed by atoms with van der Waals surface area (Å²) in [5.41, 5.74) is 7.74. The molecule has 3 amide bonds. The van der Waals surface area contributed by atoms with E-state index < -0.39 is 0 Å². The second-order valence-electron chi connectivity index (χ2n) is 23.9. The Hall–Kier alpha value is -3.39. The van der Waals surface area contributed by atoms with Gasteiger partial charge in [-0.3, -0.25) is 29.0 Å². The lowest BCUT2D eigenvalue weighted by molar-refractivity contribution is -0.151. The molecule has 0 aromatic carbocycles. The van der Waals surface area contributed by atoms with Gasteiger partial charge in [0.05, 0.1) is 59.9 Å². The molecule has 22 nitrogen and oxygen atoms in total. The second-order valence-corrected chi connectivity index (χ2v) is 43.2. The molecule has 3 N–H and O–H groups in total. The summed E-state index contributed by atoms with van der Waals surface area (Å²) in [5, 5.41) is 14.5. The second kappa shape index (κ2) is 55.4. The van der Waals surface area contributed by atoms with Crippen molar-refractivity contribution in [1.82, 2.24) is 49.7 Å². The number of rotatable bonds is 8. The number of thiophene rings is 5. The minimum atomic E-state index is -0.370. The Bertz CT molecular complexity index is 4970. The van der Waals surface area contributed by atoms with Crippen molar-refractivity contribution < 1.29 is 38.0 Å². The van der Waals surface area contributed by atoms with Crippen molar-refractivity contribution in [1.29, 1.82) is 0 Å². The van der Waals surface area contributed by atoms with E-state index in [4.69, 9.17) is 14.0 Å². The van der Waals surface area contributed by atoms with Crippen molar-refractivity contribution >= 4 is 341 Å². The highest BCUT2D eigenvalue weighted by Gasteiger charge is 2.52. The summed E-state index contributed by atoms with van der Waals surface area (Å²) >= 11 is 50.0. The topological polar surface area (TPSA) is 282 Å². The molecule has 0 spiro atoms. The van der Waals surface area contributed by atoms with Crippen molar-refractivity contribution in [2.75, 3.05) is 21.3 Å². The molecule has 10 aromatic rings. The smallest absolute Gasteiger partial charge is 0.459 e. The summed E-state index contributed by atoms with van der Waals surface area (Å²) in [4.78, 5) is 100.0. The maximum Gasteiger partial charge on any atom is 0.498 e. The third-order valence-corrected chi connectivity index (χ3v) is 27.9. The van der Waals surface area contributed by atoms with E-state index in [-0.39, 0.29) is 72.3 Å². The van der Waals surface area contributed by atoms with Crippen LogP contribution < -0.4 is 21.4 Å². The fourth-order valence-corrected chi connectivity index (χ4v) is 17.1. The van der Waals surface area contributed by atoms with Crippen LogP contribution in [0.2, 0.25) is 0 Å². The molecule has 0 unspecified atom stereocenters. The summed E-state index contributed by atoms with van der Waals surface area (Å²) in [6.45, 7) is 33.9. The molecular weight excluding hydrogens is 2060 g/mol. The standard InChI is InChI=1S/C12H10N4OS.C12H13N3OS.C11H17BN2O2.C11H8IN3S.C7H8BrNOS.C7H9NOS.C6H11BrO2.S5.S4.S3.S2.H2S/c1-7-13-4-9(5-14-7)11-3-10-12(18-11)6-15-16(10)8(2)17;1-7-11(15-9(3)16)4-12(17-7)10-5-13-8(2)14-6-10;1-8-13-6-9(7-14-8)12-15-10(2,3)11(4,5)16-12;1-6-13-4-8(5-14-6)9-2-7-3-15-11(12)10(7)16-9;1-4-6(9-5(2)10)3-7(8)11-4;1-5-7(3-4-10-5)8-6(2)9;1-6(2,3)9-5(8)4-7;1-3-5-4-2;1-3-4-2;1-3-2;1-2;/h3-6H,1-2H3;4-6H,1-3H3,(H,15,16);6-7H,1-5H3;2,4-5H,3H2,1H3;3H,1-2H3,(H,9,10);3-4H,1-2H3,(H,8,9);4H2,1-3H3;;;;;1H2. The normalized spacial score (nSPS) is 11.8. The summed E-state index contributed by atoms with van der Waals surface area (Å²) in [7, 11) is 6.84. The highest BCUT2D eigenvalue weighted by atomic mass is 127. The SMILES string of the molecule is CC(=O)Nc1cc(-c2cnc(C)nc2)sc1C.CC(=O)Nc1cc(Br)sc1C.CC(=O)Nc1ccsc1C.CC(=O)n1ncc2sc(-c3cnc(C)nc3)cc21.CC(C)(C)OC(=O)CBr.Cc1ncc(-c2cc3c(s2)C(I)=NC3)cn1.Cc1ncc(B2OC(C)(C)C(C)(C)O2)cn1.S.S=S.S=S=S.S=S=S=S.S=S=S=S=S. The van der Waals surface area contributed by atoms with Crippen molar-refractivity contribution in [3.8, 4) is 31.3 Å². The maximum atomic E-state index is 11.4. The molecule has 2 aliphatic heterocycles. The Morgan fingerprint density at radius 2 is 1.01 bits per heavy atom. The van der Waals surface area contributed by atoms with Gasteiger partial charge in [-0.05, 0) is 177 Å². The number of aliphatic imine (C=N–C) groups is 1. The van der Waals surface area contributed by atoms with Crippen molar-refractivity contribution in [3.05, 3.63) is 144 Å². The zero-order chi connectivity index (χ0) is 83.9. The largest absolute Gasteiger partial charge is 0.498 e. The van der Waals surface area contributed by atoms with E-state index in [1.54, 1.807) is 100 Å². The number of carbonyl (C=O) groups excluding carboxylic acids is 5. The highest BCUT2D eigenvalue weighted by Crippen LogP contribution is 2.39. The van der Waals surface area contributed by atoms with Gasteiger partial charge in [0.2, 0.25) is 23.6 Å².